The van der Waals surface area contributed by atoms with Gasteiger partial charge in [0, 0.05) is 28.7 Å². The highest BCUT2D eigenvalue weighted by Gasteiger charge is 2.20. The van der Waals surface area contributed by atoms with Gasteiger partial charge in [0.1, 0.15) is 0 Å². The molecule has 0 aromatic heterocycles. The Hall–Kier alpha value is 0.0500. The standard InChI is InChI=1S/C12H15Br2NO3S/c13-10-1-2-12(11(14)7-10)19(16,17)15-8-9-3-5-18-6-4-9/h1-2,7,9,15H,3-6,8H2. The fourth-order valence-electron chi connectivity index (χ4n) is 1.95. The Bertz CT molecular complexity index is 542. The van der Waals surface area contributed by atoms with Crippen LogP contribution in [-0.2, 0) is 14.8 Å². The number of nitrogens with one attached hydrogen (secondary N) is 1. The van der Waals surface area contributed by atoms with Crippen molar-refractivity contribution in [3.8, 4) is 0 Å². The Labute approximate surface area is 130 Å². The maximum atomic E-state index is 12.2. The normalized spacial score (nSPS) is 17.6. The summed E-state index contributed by atoms with van der Waals surface area (Å²) >= 11 is 6.59. The van der Waals surface area contributed by atoms with Crippen LogP contribution < -0.4 is 4.72 Å². The number of benzene rings is 1. The zero-order valence-electron chi connectivity index (χ0n) is 10.2. The molecule has 1 fully saturated rings. The van der Waals surface area contributed by atoms with E-state index in [1.807, 2.05) is 0 Å². The molecule has 0 spiro atoms. The van der Waals surface area contributed by atoms with Crippen LogP contribution in [0.5, 0.6) is 0 Å². The van der Waals surface area contributed by atoms with Crippen LogP contribution in [0.25, 0.3) is 0 Å². The highest BCUT2D eigenvalue weighted by atomic mass is 79.9. The van der Waals surface area contributed by atoms with Crippen molar-refractivity contribution in [1.82, 2.24) is 4.72 Å². The van der Waals surface area contributed by atoms with Gasteiger partial charge < -0.3 is 4.74 Å². The average molecular weight is 413 g/mol. The van der Waals surface area contributed by atoms with E-state index in [0.717, 1.165) is 17.3 Å². The van der Waals surface area contributed by atoms with Crippen molar-refractivity contribution >= 4 is 41.9 Å². The van der Waals surface area contributed by atoms with E-state index in [9.17, 15) is 8.42 Å². The first-order valence-corrected chi connectivity index (χ1v) is 9.08. The quantitative estimate of drug-likeness (QED) is 0.827. The third kappa shape index (κ3) is 4.26. The maximum Gasteiger partial charge on any atom is 0.241 e. The fraction of sp³-hybridized carbons (Fsp3) is 0.500. The van der Waals surface area contributed by atoms with Crippen LogP contribution in [-0.4, -0.2) is 28.2 Å². The third-order valence-corrected chi connectivity index (χ3v) is 5.98. The SMILES string of the molecule is O=S(=O)(NCC1CCOCC1)c1ccc(Br)cc1Br. The zero-order chi connectivity index (χ0) is 13.9. The second-order valence-corrected chi connectivity index (χ2v) is 7.99. The van der Waals surface area contributed by atoms with E-state index in [2.05, 4.69) is 36.6 Å². The Morgan fingerprint density at radius 2 is 1.95 bits per heavy atom. The molecule has 2 rings (SSSR count). The van der Waals surface area contributed by atoms with E-state index in [1.165, 1.54) is 0 Å². The van der Waals surface area contributed by atoms with E-state index < -0.39 is 10.0 Å². The van der Waals surface area contributed by atoms with Crippen molar-refractivity contribution < 1.29 is 13.2 Å². The van der Waals surface area contributed by atoms with Gasteiger partial charge in [0.2, 0.25) is 10.0 Å². The molecular weight excluding hydrogens is 398 g/mol. The number of sulfonamides is 1. The van der Waals surface area contributed by atoms with Crippen molar-refractivity contribution in [3.05, 3.63) is 27.1 Å². The number of halogens is 2. The second-order valence-electron chi connectivity index (χ2n) is 4.48. The van der Waals surface area contributed by atoms with E-state index in [1.54, 1.807) is 18.2 Å². The summed E-state index contributed by atoms with van der Waals surface area (Å²) < 4.78 is 33.8. The van der Waals surface area contributed by atoms with Gasteiger partial charge in [-0.25, -0.2) is 13.1 Å². The van der Waals surface area contributed by atoms with Gasteiger partial charge in [0.25, 0.3) is 0 Å². The second kappa shape index (κ2) is 6.67. The lowest BCUT2D eigenvalue weighted by molar-refractivity contribution is 0.0678. The molecule has 1 heterocycles. The molecule has 1 aliphatic rings. The van der Waals surface area contributed by atoms with Crippen LogP contribution >= 0.6 is 31.9 Å². The summed E-state index contributed by atoms with van der Waals surface area (Å²) in [5.41, 5.74) is 0. The molecule has 1 aliphatic heterocycles. The van der Waals surface area contributed by atoms with Crippen molar-refractivity contribution in [2.24, 2.45) is 5.92 Å². The maximum absolute atomic E-state index is 12.2. The average Bonchev–Trinajstić information content (AvgIpc) is 2.37. The van der Waals surface area contributed by atoms with Crippen molar-refractivity contribution in [3.63, 3.8) is 0 Å². The number of rotatable bonds is 4. The third-order valence-electron chi connectivity index (χ3n) is 3.09. The summed E-state index contributed by atoms with van der Waals surface area (Å²) in [6.07, 6.45) is 1.81. The molecule has 1 aromatic carbocycles. The van der Waals surface area contributed by atoms with Gasteiger partial charge >= 0.3 is 0 Å². The lowest BCUT2D eigenvalue weighted by atomic mass is 10.0. The highest BCUT2D eigenvalue weighted by molar-refractivity contribution is 9.11. The van der Waals surface area contributed by atoms with Gasteiger partial charge in [-0.05, 0) is 52.9 Å². The molecule has 0 bridgehead atoms. The van der Waals surface area contributed by atoms with Gasteiger partial charge in [-0.2, -0.15) is 0 Å². The molecule has 0 aliphatic carbocycles. The largest absolute Gasteiger partial charge is 0.381 e. The molecule has 0 unspecified atom stereocenters. The summed E-state index contributed by atoms with van der Waals surface area (Å²) in [5, 5.41) is 0. The first-order valence-electron chi connectivity index (χ1n) is 6.01. The molecule has 0 atom stereocenters. The monoisotopic (exact) mass is 411 g/mol. The number of ether oxygens (including phenoxy) is 1. The Morgan fingerprint density at radius 3 is 2.58 bits per heavy atom. The van der Waals surface area contributed by atoms with Crippen molar-refractivity contribution in [1.29, 1.82) is 0 Å². The lowest BCUT2D eigenvalue weighted by Crippen LogP contribution is -2.32. The molecular formula is C12H15Br2NO3S. The summed E-state index contributed by atoms with van der Waals surface area (Å²) in [6, 6.07) is 5.03. The summed E-state index contributed by atoms with van der Waals surface area (Å²) in [6.45, 7) is 1.90. The van der Waals surface area contributed by atoms with E-state index in [-0.39, 0.29) is 4.90 Å². The number of hydrogen-bond donors (Lipinski definition) is 1. The fourth-order valence-corrected chi connectivity index (χ4v) is 4.81. The van der Waals surface area contributed by atoms with Crippen molar-refractivity contribution in [2.75, 3.05) is 19.8 Å². The topological polar surface area (TPSA) is 55.4 Å². The molecule has 0 radical (unpaired) electrons. The molecule has 1 saturated heterocycles. The van der Waals surface area contributed by atoms with Crippen LogP contribution in [0.2, 0.25) is 0 Å². The van der Waals surface area contributed by atoms with Gasteiger partial charge in [0.15, 0.2) is 0 Å². The first-order chi connectivity index (χ1) is 8.99. The molecule has 19 heavy (non-hydrogen) atoms. The Morgan fingerprint density at radius 1 is 1.26 bits per heavy atom. The van der Waals surface area contributed by atoms with Crippen LogP contribution in [0.4, 0.5) is 0 Å². The molecule has 1 aromatic rings. The van der Waals surface area contributed by atoms with Crippen LogP contribution in [0.1, 0.15) is 12.8 Å². The van der Waals surface area contributed by atoms with E-state index >= 15 is 0 Å². The minimum absolute atomic E-state index is 0.266. The smallest absolute Gasteiger partial charge is 0.241 e. The van der Waals surface area contributed by atoms with Crippen molar-refractivity contribution in [2.45, 2.75) is 17.7 Å². The first kappa shape index (κ1) is 15.4. The zero-order valence-corrected chi connectivity index (χ0v) is 14.2. The van der Waals surface area contributed by atoms with Gasteiger partial charge in [0.05, 0.1) is 4.90 Å². The molecule has 7 heteroatoms. The van der Waals surface area contributed by atoms with Gasteiger partial charge in [-0.15, -0.1) is 0 Å². The molecule has 4 nitrogen and oxygen atoms in total. The number of hydrogen-bond acceptors (Lipinski definition) is 3. The molecule has 0 saturated carbocycles. The Kier molecular flexibility index (Phi) is 5.42. The van der Waals surface area contributed by atoms with Crippen LogP contribution in [0.15, 0.2) is 32.0 Å². The molecule has 1 N–H and O–H groups in total. The minimum Gasteiger partial charge on any atom is -0.381 e. The van der Waals surface area contributed by atoms with Gasteiger partial charge in [-0.1, -0.05) is 15.9 Å². The highest BCUT2D eigenvalue weighted by Crippen LogP contribution is 2.26. The lowest BCUT2D eigenvalue weighted by Gasteiger charge is -2.22. The van der Waals surface area contributed by atoms with Crippen LogP contribution in [0, 0.1) is 5.92 Å². The van der Waals surface area contributed by atoms with Crippen LogP contribution in [0.3, 0.4) is 0 Å². The van der Waals surface area contributed by atoms with E-state index in [4.69, 9.17) is 4.74 Å². The minimum atomic E-state index is -3.47. The Balaban J connectivity index is 2.05. The predicted molar refractivity (Wildman–Crippen MR) is 80.6 cm³/mol. The summed E-state index contributed by atoms with van der Waals surface area (Å²) in [7, 11) is -3.47. The predicted octanol–water partition coefficient (Wildman–Crippen LogP) is 2.92. The van der Waals surface area contributed by atoms with E-state index in [0.29, 0.717) is 30.1 Å². The summed E-state index contributed by atoms with van der Waals surface area (Å²) in [4.78, 5) is 0.266. The molecule has 0 amide bonds. The summed E-state index contributed by atoms with van der Waals surface area (Å²) in [5.74, 6) is 0.359. The van der Waals surface area contributed by atoms with Gasteiger partial charge in [-0.3, -0.25) is 0 Å². The molecule has 106 valence electrons.